The average Bonchev–Trinajstić information content (AvgIpc) is 3.90. The molecule has 2 aliphatic heterocycles. The largest absolute Gasteiger partial charge is 0.454 e. The van der Waals surface area contributed by atoms with E-state index in [-0.39, 0.29) is 53.9 Å². The Morgan fingerprint density at radius 1 is 1.00 bits per heavy atom. The number of anilines is 1. The number of hydrogen-bond acceptors (Lipinski definition) is 6. The first-order valence-corrected chi connectivity index (χ1v) is 16.2. The second kappa shape index (κ2) is 13.6. The zero-order valence-electron chi connectivity index (χ0n) is 26.6. The van der Waals surface area contributed by atoms with Crippen molar-refractivity contribution in [2.24, 2.45) is 5.92 Å². The van der Waals surface area contributed by atoms with Crippen molar-refractivity contribution in [3.8, 4) is 11.5 Å². The van der Waals surface area contributed by atoms with Gasteiger partial charge in [-0.2, -0.15) is 13.2 Å². The van der Waals surface area contributed by atoms with Crippen LogP contribution in [0.4, 0.5) is 23.4 Å². The topological polar surface area (TPSA) is 78.0 Å². The van der Waals surface area contributed by atoms with Crippen LogP contribution in [0.3, 0.4) is 0 Å². The van der Waals surface area contributed by atoms with E-state index in [4.69, 9.17) is 4.74 Å². The van der Waals surface area contributed by atoms with E-state index < -0.39 is 17.6 Å². The van der Waals surface area contributed by atoms with Gasteiger partial charge in [0.15, 0.2) is 11.6 Å². The number of pyridine rings is 1. The zero-order valence-corrected chi connectivity index (χ0v) is 26.6. The molecule has 3 heterocycles. The highest BCUT2D eigenvalue weighted by Gasteiger charge is 2.35. The third kappa shape index (κ3) is 7.76. The van der Waals surface area contributed by atoms with E-state index in [0.717, 1.165) is 55.9 Å². The highest BCUT2D eigenvalue weighted by molar-refractivity contribution is 5.93. The number of hydrogen-bond donors (Lipinski definition) is 1. The zero-order chi connectivity index (χ0) is 33.3. The number of fused-ring (bicyclic) bond motifs is 1. The second-order valence-corrected chi connectivity index (χ2v) is 12.6. The summed E-state index contributed by atoms with van der Waals surface area (Å²) in [6.45, 7) is 8.58. The molecule has 1 N–H and O–H groups in total. The first-order chi connectivity index (χ1) is 22.5. The standard InChI is InChI=1S/C35H39F4N5O3/c1-3-42-12-14-43(15-13-42)21-26-5-4-23(16-29(26)35(37,38)39)17-33(45)44-11-10-24-8-9-27(18-28(24)22(44)2)47-31-19-32(40-20-30(31)36)41-34(46)25-6-7-25/h4-5,8-9,16,18-20,22,25H,3,6-7,10-15,17,21H2,1-2H3,(H,40,41,46)/t22-/m0/s1. The second-order valence-electron chi connectivity index (χ2n) is 12.6. The Balaban J connectivity index is 1.14. The first kappa shape index (κ1) is 32.9. The van der Waals surface area contributed by atoms with Gasteiger partial charge < -0.3 is 19.9 Å². The predicted molar refractivity (Wildman–Crippen MR) is 168 cm³/mol. The minimum absolute atomic E-state index is 0.0398. The van der Waals surface area contributed by atoms with Crippen LogP contribution in [0.2, 0.25) is 0 Å². The van der Waals surface area contributed by atoms with Crippen molar-refractivity contribution in [3.63, 3.8) is 0 Å². The van der Waals surface area contributed by atoms with E-state index in [0.29, 0.717) is 37.4 Å². The van der Waals surface area contributed by atoms with Gasteiger partial charge in [0.2, 0.25) is 11.8 Å². The van der Waals surface area contributed by atoms with Gasteiger partial charge in [0.25, 0.3) is 0 Å². The molecule has 12 heteroatoms. The van der Waals surface area contributed by atoms with Crippen molar-refractivity contribution in [3.05, 3.63) is 82.3 Å². The Morgan fingerprint density at radius 3 is 2.45 bits per heavy atom. The number of carbonyl (C=O) groups is 2. The average molecular weight is 654 g/mol. The number of amides is 2. The molecule has 2 amide bonds. The van der Waals surface area contributed by atoms with Crippen LogP contribution in [0, 0.1) is 11.7 Å². The van der Waals surface area contributed by atoms with Gasteiger partial charge in [0.1, 0.15) is 11.6 Å². The molecule has 0 bridgehead atoms. The number of nitrogens with zero attached hydrogens (tertiary/aromatic N) is 4. The fraction of sp³-hybridized carbons (Fsp3) is 0.457. The molecule has 8 nitrogen and oxygen atoms in total. The van der Waals surface area contributed by atoms with Crippen molar-refractivity contribution in [2.45, 2.75) is 58.3 Å². The molecular weight excluding hydrogens is 614 g/mol. The Kier molecular flexibility index (Phi) is 9.52. The van der Waals surface area contributed by atoms with Crippen LogP contribution in [0.15, 0.2) is 48.7 Å². The van der Waals surface area contributed by atoms with Crippen LogP contribution in [0.25, 0.3) is 0 Å². The van der Waals surface area contributed by atoms with E-state index in [1.807, 2.05) is 17.9 Å². The third-order valence-electron chi connectivity index (χ3n) is 9.37. The lowest BCUT2D eigenvalue weighted by Gasteiger charge is -2.36. The van der Waals surface area contributed by atoms with Crippen molar-refractivity contribution in [1.82, 2.24) is 19.7 Å². The van der Waals surface area contributed by atoms with E-state index in [1.165, 1.54) is 12.1 Å². The van der Waals surface area contributed by atoms with Crippen LogP contribution in [0.1, 0.15) is 60.5 Å². The number of carbonyl (C=O) groups excluding carboxylic acids is 2. The number of halogens is 4. The number of ether oxygens (including phenoxy) is 1. The quantitative estimate of drug-likeness (QED) is 0.277. The van der Waals surface area contributed by atoms with Gasteiger partial charge in [0, 0.05) is 51.3 Å². The summed E-state index contributed by atoms with van der Waals surface area (Å²) in [6, 6.07) is 10.5. The van der Waals surface area contributed by atoms with Crippen LogP contribution in [0.5, 0.6) is 11.5 Å². The van der Waals surface area contributed by atoms with Crippen LogP contribution >= 0.6 is 0 Å². The fourth-order valence-corrected chi connectivity index (χ4v) is 6.38. The fourth-order valence-electron chi connectivity index (χ4n) is 6.38. The smallest absolute Gasteiger partial charge is 0.416 e. The number of aromatic nitrogens is 1. The predicted octanol–water partition coefficient (Wildman–Crippen LogP) is 6.21. The number of likely N-dealkylation sites (N-methyl/N-ethyl adjacent to an activating group) is 1. The van der Waals surface area contributed by atoms with Gasteiger partial charge in [-0.15, -0.1) is 0 Å². The lowest BCUT2D eigenvalue weighted by molar-refractivity contribution is -0.139. The summed E-state index contributed by atoms with van der Waals surface area (Å²) in [5.41, 5.74) is 1.65. The van der Waals surface area contributed by atoms with E-state index >= 15 is 0 Å². The molecule has 0 spiro atoms. The maximum Gasteiger partial charge on any atom is 0.416 e. The number of alkyl halides is 3. The van der Waals surface area contributed by atoms with Crippen LogP contribution in [-0.4, -0.2) is 70.8 Å². The third-order valence-corrected chi connectivity index (χ3v) is 9.37. The van der Waals surface area contributed by atoms with E-state index in [9.17, 15) is 27.2 Å². The maximum absolute atomic E-state index is 14.6. The number of benzene rings is 2. The molecule has 1 saturated heterocycles. The molecule has 250 valence electrons. The molecule has 47 heavy (non-hydrogen) atoms. The normalized spacial score (nSPS) is 18.9. The van der Waals surface area contributed by atoms with Gasteiger partial charge in [-0.3, -0.25) is 14.5 Å². The molecule has 1 aliphatic carbocycles. The Hall–Kier alpha value is -4.03. The molecule has 3 aromatic rings. The lowest BCUT2D eigenvalue weighted by Crippen LogP contribution is -2.45. The summed E-state index contributed by atoms with van der Waals surface area (Å²) in [5, 5.41) is 2.68. The van der Waals surface area contributed by atoms with Crippen LogP contribution < -0.4 is 10.1 Å². The maximum atomic E-state index is 14.6. The Morgan fingerprint density at radius 2 is 1.74 bits per heavy atom. The first-order valence-electron chi connectivity index (χ1n) is 16.2. The summed E-state index contributed by atoms with van der Waals surface area (Å²) in [6.07, 6.45) is -1.51. The van der Waals surface area contributed by atoms with Gasteiger partial charge in [-0.05, 0) is 73.2 Å². The summed E-state index contributed by atoms with van der Waals surface area (Å²) in [4.78, 5) is 35.6. The Labute approximate surface area is 271 Å². The molecule has 2 aromatic carbocycles. The summed E-state index contributed by atoms with van der Waals surface area (Å²) in [7, 11) is 0. The number of rotatable bonds is 9. The van der Waals surface area contributed by atoms with Gasteiger partial charge >= 0.3 is 6.18 Å². The van der Waals surface area contributed by atoms with Gasteiger partial charge in [-0.25, -0.2) is 9.37 Å². The molecule has 1 saturated carbocycles. The summed E-state index contributed by atoms with van der Waals surface area (Å²) >= 11 is 0. The highest BCUT2D eigenvalue weighted by atomic mass is 19.4. The molecule has 1 atom stereocenters. The van der Waals surface area contributed by atoms with Gasteiger partial charge in [0.05, 0.1) is 24.2 Å². The number of nitrogens with one attached hydrogen (secondary N) is 1. The molecule has 0 radical (unpaired) electrons. The number of piperazine rings is 1. The van der Waals surface area contributed by atoms with E-state index in [2.05, 4.69) is 22.1 Å². The van der Waals surface area contributed by atoms with Crippen LogP contribution in [-0.2, 0) is 35.2 Å². The SMILES string of the molecule is CCN1CCN(Cc2ccc(CC(=O)N3CCc4ccc(Oc5cc(NC(=O)C6CC6)ncc5F)cc4[C@@H]3C)cc2C(F)(F)F)CC1. The molecule has 1 aromatic heterocycles. The molecule has 3 aliphatic rings. The molecule has 6 rings (SSSR count). The summed E-state index contributed by atoms with van der Waals surface area (Å²) < 4.78 is 63.0. The minimum Gasteiger partial charge on any atom is -0.454 e. The molecular formula is C35H39F4N5O3. The van der Waals surface area contributed by atoms with Gasteiger partial charge in [-0.1, -0.05) is 25.1 Å². The Bertz CT molecular complexity index is 1640. The summed E-state index contributed by atoms with van der Waals surface area (Å²) in [5.74, 6) is -0.734. The van der Waals surface area contributed by atoms with Crippen molar-refractivity contribution >= 4 is 17.6 Å². The molecule has 2 fully saturated rings. The van der Waals surface area contributed by atoms with Crippen molar-refractivity contribution in [2.75, 3.05) is 44.6 Å². The highest BCUT2D eigenvalue weighted by Crippen LogP contribution is 2.37. The lowest BCUT2D eigenvalue weighted by atomic mass is 9.92. The van der Waals surface area contributed by atoms with Crippen molar-refractivity contribution < 1.29 is 31.9 Å². The monoisotopic (exact) mass is 653 g/mol. The molecule has 0 unspecified atom stereocenters. The van der Waals surface area contributed by atoms with E-state index in [1.54, 1.807) is 23.1 Å². The minimum atomic E-state index is -4.54. The van der Waals surface area contributed by atoms with Crippen molar-refractivity contribution in [1.29, 1.82) is 0 Å².